The molecule has 9 rings (SSSR count). The molecule has 2 aliphatic heterocycles. The molecule has 1 unspecified atom stereocenters. The molecule has 2 saturated heterocycles. The summed E-state index contributed by atoms with van der Waals surface area (Å²) in [4.78, 5) is 98.6. The van der Waals surface area contributed by atoms with Crippen LogP contribution in [0.15, 0.2) is 212 Å². The van der Waals surface area contributed by atoms with Gasteiger partial charge >= 0.3 is 41.8 Å². The fourth-order valence-electron chi connectivity index (χ4n) is 8.59. The van der Waals surface area contributed by atoms with Crippen LogP contribution in [0.4, 0.5) is 0 Å². The number of carbonyl (C=O) groups excluding carboxylic acids is 7. The molecule has 0 aliphatic carbocycles. The van der Waals surface area contributed by atoms with Crippen molar-refractivity contribution in [2.45, 2.75) is 61.4 Å². The Hall–Kier alpha value is -9.33. The number of carbonyl (C=O) groups is 7. The zero-order valence-electron chi connectivity index (χ0n) is 41.8. The Morgan fingerprint density at radius 2 is 0.557 bits per heavy atom. The van der Waals surface area contributed by atoms with Crippen molar-refractivity contribution < 1.29 is 86.0 Å². The lowest BCUT2D eigenvalue weighted by molar-refractivity contribution is -0.352. The van der Waals surface area contributed by atoms with Crippen LogP contribution in [0.2, 0.25) is 0 Å². The van der Waals surface area contributed by atoms with E-state index in [1.807, 2.05) is 0 Å². The summed E-state index contributed by atoms with van der Waals surface area (Å²) in [7, 11) is 0. The summed E-state index contributed by atoms with van der Waals surface area (Å²) in [6, 6.07) is 54.1. The highest BCUT2D eigenvalue weighted by atomic mass is 16.8. The second-order valence-corrected chi connectivity index (χ2v) is 17.8. The molecule has 79 heavy (non-hydrogen) atoms. The molecule has 1 N–H and O–H groups in total. The van der Waals surface area contributed by atoms with E-state index >= 15 is 0 Å². The van der Waals surface area contributed by atoms with Gasteiger partial charge in [0.15, 0.2) is 43.1 Å². The Balaban J connectivity index is 1.18. The quantitative estimate of drug-likeness (QED) is 0.0642. The molecule has 0 bridgehead atoms. The van der Waals surface area contributed by atoms with Gasteiger partial charge in [-0.05, 0) is 84.9 Å². The number of hydrogen-bond donors (Lipinski definition) is 1. The number of aliphatic hydroxyl groups is 1. The number of benzene rings is 7. The van der Waals surface area contributed by atoms with Gasteiger partial charge in [0.25, 0.3) is 0 Å². The summed E-state index contributed by atoms with van der Waals surface area (Å²) in [5, 5.41) is 12.0. The summed E-state index contributed by atoms with van der Waals surface area (Å²) in [6.45, 7) is -1.48. The van der Waals surface area contributed by atoms with Crippen molar-refractivity contribution in [2.24, 2.45) is 0 Å². The van der Waals surface area contributed by atoms with E-state index in [0.717, 1.165) is 0 Å². The Bertz CT molecular complexity index is 3170. The first-order chi connectivity index (χ1) is 38.5. The van der Waals surface area contributed by atoms with Gasteiger partial charge in [-0.1, -0.05) is 127 Å². The van der Waals surface area contributed by atoms with Gasteiger partial charge < -0.3 is 52.5 Å². The first kappa shape index (κ1) is 54.5. The van der Waals surface area contributed by atoms with Gasteiger partial charge in [-0.3, -0.25) is 0 Å². The molecule has 0 spiro atoms. The van der Waals surface area contributed by atoms with Gasteiger partial charge in [-0.15, -0.1) is 0 Å². The maximum absolute atomic E-state index is 14.5. The number of ether oxygens (including phenoxy) is 10. The second kappa shape index (κ2) is 26.1. The lowest BCUT2D eigenvalue weighted by Gasteiger charge is -2.48. The van der Waals surface area contributed by atoms with Crippen LogP contribution >= 0.6 is 0 Å². The molecule has 2 fully saturated rings. The van der Waals surface area contributed by atoms with Gasteiger partial charge in [0, 0.05) is 0 Å². The molecule has 402 valence electrons. The number of aliphatic hydroxyl groups excluding tert-OH is 1. The van der Waals surface area contributed by atoms with E-state index in [2.05, 4.69) is 0 Å². The first-order valence-corrected chi connectivity index (χ1v) is 24.9. The first-order valence-electron chi connectivity index (χ1n) is 24.9. The highest BCUT2D eigenvalue weighted by Crippen LogP contribution is 2.37. The lowest BCUT2D eigenvalue weighted by Crippen LogP contribution is -2.67. The van der Waals surface area contributed by atoms with Crippen molar-refractivity contribution in [1.29, 1.82) is 0 Å². The number of hydrogen-bond acceptors (Lipinski definition) is 18. The minimum Gasteiger partial charge on any atom is -0.459 e. The molecule has 0 amide bonds. The Kier molecular flexibility index (Phi) is 18.0. The number of rotatable bonds is 18. The molecule has 18 heteroatoms. The Morgan fingerprint density at radius 1 is 0.304 bits per heavy atom. The van der Waals surface area contributed by atoms with E-state index in [4.69, 9.17) is 47.4 Å². The SMILES string of the molecule is O=C(OC[C@H]1O[C@H](O[C@H]2[C@H](OC(=O)c3ccccc3)[C@@H](COC(=O)c3ccccc3)OC(O)[C@H]2OC(=O)c2ccccc2)[C@@H](OC(=O)c2ccccc2)[C@@H](OC(=O)c2ccccc2)[C@@H]1OC(=O)c1ccccc1)c1ccccc1. The molecule has 0 saturated carbocycles. The normalized spacial score (nSPS) is 22.4. The summed E-state index contributed by atoms with van der Waals surface area (Å²) in [5.74, 6) is -6.72. The van der Waals surface area contributed by atoms with E-state index < -0.39 is 116 Å². The lowest BCUT2D eigenvalue weighted by atomic mass is 9.95. The largest absolute Gasteiger partial charge is 0.459 e. The molecule has 2 heterocycles. The van der Waals surface area contributed by atoms with Crippen molar-refractivity contribution in [3.63, 3.8) is 0 Å². The predicted octanol–water partition coefficient (Wildman–Crippen LogP) is 7.66. The summed E-state index contributed by atoms with van der Waals surface area (Å²) in [6.07, 6.45) is -19.1. The highest BCUT2D eigenvalue weighted by Gasteiger charge is 2.58. The van der Waals surface area contributed by atoms with Crippen LogP contribution in [0, 0.1) is 0 Å². The molecule has 18 nitrogen and oxygen atoms in total. The molecule has 2 aliphatic rings. The summed E-state index contributed by atoms with van der Waals surface area (Å²) < 4.78 is 61.9. The summed E-state index contributed by atoms with van der Waals surface area (Å²) >= 11 is 0. The second-order valence-electron chi connectivity index (χ2n) is 17.8. The third-order valence-electron chi connectivity index (χ3n) is 12.5. The molecule has 0 aromatic heterocycles. The molecule has 10 atom stereocenters. The van der Waals surface area contributed by atoms with Crippen LogP contribution in [-0.2, 0) is 47.4 Å². The predicted molar refractivity (Wildman–Crippen MR) is 276 cm³/mol. The zero-order valence-corrected chi connectivity index (χ0v) is 41.8. The van der Waals surface area contributed by atoms with Crippen LogP contribution in [-0.4, -0.2) is 122 Å². The van der Waals surface area contributed by atoms with Crippen molar-refractivity contribution >= 4 is 41.8 Å². The van der Waals surface area contributed by atoms with Gasteiger partial charge in [0.1, 0.15) is 31.5 Å². The minimum absolute atomic E-state index is 0.000933. The average Bonchev–Trinajstić information content (AvgIpc) is 3.56. The molecule has 0 radical (unpaired) electrons. The zero-order chi connectivity index (χ0) is 55.1. The van der Waals surface area contributed by atoms with Gasteiger partial charge in [-0.2, -0.15) is 0 Å². The third kappa shape index (κ3) is 13.8. The van der Waals surface area contributed by atoms with Crippen LogP contribution in [0.5, 0.6) is 0 Å². The van der Waals surface area contributed by atoms with Crippen LogP contribution < -0.4 is 0 Å². The Labute approximate surface area is 452 Å². The Morgan fingerprint density at radius 3 is 0.886 bits per heavy atom. The van der Waals surface area contributed by atoms with Gasteiger partial charge in [0.05, 0.1) is 38.9 Å². The van der Waals surface area contributed by atoms with Crippen molar-refractivity contribution in [3.8, 4) is 0 Å². The maximum Gasteiger partial charge on any atom is 0.338 e. The van der Waals surface area contributed by atoms with Crippen molar-refractivity contribution in [2.75, 3.05) is 13.2 Å². The van der Waals surface area contributed by atoms with Gasteiger partial charge in [-0.25, -0.2) is 33.6 Å². The summed E-state index contributed by atoms with van der Waals surface area (Å²) in [5.41, 5.74) is 0.295. The molecule has 7 aromatic carbocycles. The highest BCUT2D eigenvalue weighted by molar-refractivity contribution is 5.93. The number of esters is 7. The minimum atomic E-state index is -2.16. The van der Waals surface area contributed by atoms with E-state index in [1.165, 1.54) is 84.9 Å². The van der Waals surface area contributed by atoms with E-state index in [1.54, 1.807) is 127 Å². The average molecular weight is 1070 g/mol. The monoisotopic (exact) mass is 1070 g/mol. The molecule has 7 aromatic rings. The van der Waals surface area contributed by atoms with E-state index in [-0.39, 0.29) is 38.9 Å². The smallest absolute Gasteiger partial charge is 0.338 e. The van der Waals surface area contributed by atoms with E-state index in [0.29, 0.717) is 0 Å². The fraction of sp³-hybridized carbons (Fsp3) is 0.197. The van der Waals surface area contributed by atoms with Crippen LogP contribution in [0.1, 0.15) is 72.5 Å². The molecular formula is C61H50O18. The molecular weight excluding hydrogens is 1020 g/mol. The standard InChI is InChI=1S/C61H50O18/c62-53(38-22-8-1-9-23-38)70-36-45-47(74-55(64)40-26-12-3-13-27-40)49(51(60(69)72-45)77-58(67)43-32-18-6-19-33-43)79-61-52(78-59(68)44-34-20-7-21-35-44)50(76-57(66)42-30-16-5-17-31-42)48(75-56(65)41-28-14-4-15-29-41)46(73-61)37-71-54(63)39-24-10-2-11-25-39/h1-35,45-52,60-61,69H,36-37H2/t45-,46-,47-,48-,49+,50+,51+,52+,60?,61-/m1/s1. The van der Waals surface area contributed by atoms with Crippen molar-refractivity contribution in [3.05, 3.63) is 251 Å². The fourth-order valence-corrected chi connectivity index (χ4v) is 8.59. The topological polar surface area (TPSA) is 232 Å². The van der Waals surface area contributed by atoms with E-state index in [9.17, 15) is 38.7 Å². The van der Waals surface area contributed by atoms with Crippen LogP contribution in [0.25, 0.3) is 0 Å². The van der Waals surface area contributed by atoms with Crippen molar-refractivity contribution in [1.82, 2.24) is 0 Å². The maximum atomic E-state index is 14.5. The van der Waals surface area contributed by atoms with Crippen LogP contribution in [0.3, 0.4) is 0 Å². The third-order valence-corrected chi connectivity index (χ3v) is 12.5. The van der Waals surface area contributed by atoms with Gasteiger partial charge in [0.2, 0.25) is 0 Å².